The van der Waals surface area contributed by atoms with Gasteiger partial charge in [0, 0.05) is 39.3 Å². The van der Waals surface area contributed by atoms with E-state index in [0.29, 0.717) is 12.0 Å². The summed E-state index contributed by atoms with van der Waals surface area (Å²) in [7, 11) is 3.71. The summed E-state index contributed by atoms with van der Waals surface area (Å²) in [6.07, 6.45) is 1.86. The van der Waals surface area contributed by atoms with Crippen LogP contribution in [0.25, 0.3) is 0 Å². The van der Waals surface area contributed by atoms with Gasteiger partial charge in [-0.05, 0) is 32.6 Å². The van der Waals surface area contributed by atoms with Crippen LogP contribution in [-0.4, -0.2) is 55.0 Å². The molecule has 1 aliphatic carbocycles. The molecule has 0 radical (unpaired) electrons. The molecule has 2 aliphatic rings. The van der Waals surface area contributed by atoms with Gasteiger partial charge in [0.25, 0.3) is 0 Å². The van der Waals surface area contributed by atoms with Crippen molar-refractivity contribution in [2.45, 2.75) is 38.8 Å². The van der Waals surface area contributed by atoms with E-state index in [1.807, 2.05) is 14.1 Å². The molecule has 2 fully saturated rings. The van der Waals surface area contributed by atoms with E-state index in [0.717, 1.165) is 25.9 Å². The van der Waals surface area contributed by atoms with E-state index in [-0.39, 0.29) is 42.2 Å². The summed E-state index contributed by atoms with van der Waals surface area (Å²) in [5.41, 5.74) is 5.88. The molecule has 1 heterocycles. The molecule has 3 atom stereocenters. The molecule has 0 aromatic heterocycles. The predicted octanol–water partition coefficient (Wildman–Crippen LogP) is 1.37. The number of likely N-dealkylation sites (tertiary alicyclic amines) is 1. The number of hydrogen-bond acceptors (Lipinski definition) is 3. The van der Waals surface area contributed by atoms with Crippen molar-refractivity contribution in [3.63, 3.8) is 0 Å². The van der Waals surface area contributed by atoms with Crippen molar-refractivity contribution in [3.8, 4) is 0 Å². The van der Waals surface area contributed by atoms with Crippen molar-refractivity contribution in [1.82, 2.24) is 9.80 Å². The number of fused-ring (bicyclic) bond motifs is 1. The molecule has 1 saturated heterocycles. The summed E-state index contributed by atoms with van der Waals surface area (Å²) >= 11 is 0. The van der Waals surface area contributed by atoms with Crippen LogP contribution >= 0.6 is 24.8 Å². The summed E-state index contributed by atoms with van der Waals surface area (Å²) in [5.74, 6) is 0.730. The quantitative estimate of drug-likeness (QED) is 0.838. The van der Waals surface area contributed by atoms with Gasteiger partial charge in [-0.25, -0.2) is 0 Å². The number of nitrogens with zero attached hydrogens (tertiary/aromatic N) is 2. The lowest BCUT2D eigenvalue weighted by atomic mass is 9.79. The number of nitrogens with two attached hydrogens (primary N) is 1. The number of amides is 1. The van der Waals surface area contributed by atoms with E-state index in [9.17, 15) is 4.79 Å². The molecule has 4 nitrogen and oxygen atoms in total. The average Bonchev–Trinajstić information content (AvgIpc) is 2.69. The standard InChI is InChI=1S/C13H25N3O.2ClH/c1-9(2)16-7-10-5-11(14)6-13(10,8-16)12(17)15(3)4;;/h9-11H,5-8,14H2,1-4H3;2*1H/t10-,11+,13-;;/m0../s1. The highest BCUT2D eigenvalue weighted by atomic mass is 35.5. The zero-order valence-electron chi connectivity index (χ0n) is 12.3. The van der Waals surface area contributed by atoms with Crippen molar-refractivity contribution >= 4 is 30.7 Å². The van der Waals surface area contributed by atoms with Crippen LogP contribution in [-0.2, 0) is 4.79 Å². The SMILES string of the molecule is CC(C)N1C[C@@H]2C[C@@H](N)C[C@]2(C(=O)N(C)C)C1.Cl.Cl. The van der Waals surface area contributed by atoms with E-state index in [1.54, 1.807) is 4.90 Å². The second kappa shape index (κ2) is 6.61. The van der Waals surface area contributed by atoms with Gasteiger partial charge < -0.3 is 10.6 Å². The minimum atomic E-state index is -0.201. The fourth-order valence-electron chi connectivity index (χ4n) is 3.63. The molecular weight excluding hydrogens is 285 g/mol. The molecule has 6 heteroatoms. The third-order valence-corrected chi connectivity index (χ3v) is 4.50. The highest BCUT2D eigenvalue weighted by Gasteiger charge is 2.57. The second-order valence-corrected chi connectivity index (χ2v) is 6.28. The lowest BCUT2D eigenvalue weighted by Crippen LogP contribution is -2.45. The molecule has 114 valence electrons. The summed E-state index contributed by atoms with van der Waals surface area (Å²) in [5, 5.41) is 0. The number of carbonyl (C=O) groups excluding carboxylic acids is 1. The van der Waals surface area contributed by atoms with Crippen LogP contribution < -0.4 is 5.73 Å². The van der Waals surface area contributed by atoms with Crippen molar-refractivity contribution < 1.29 is 4.79 Å². The van der Waals surface area contributed by atoms with Crippen LogP contribution in [0.15, 0.2) is 0 Å². The Balaban J connectivity index is 0.00000162. The van der Waals surface area contributed by atoms with Gasteiger partial charge in [0.2, 0.25) is 5.91 Å². The van der Waals surface area contributed by atoms with Crippen LogP contribution in [0.2, 0.25) is 0 Å². The van der Waals surface area contributed by atoms with Gasteiger partial charge >= 0.3 is 0 Å². The molecule has 1 aliphatic heterocycles. The molecule has 1 amide bonds. The fourth-order valence-corrected chi connectivity index (χ4v) is 3.63. The Morgan fingerprint density at radius 1 is 1.37 bits per heavy atom. The summed E-state index contributed by atoms with van der Waals surface area (Å²) in [4.78, 5) is 16.7. The smallest absolute Gasteiger partial charge is 0.229 e. The topological polar surface area (TPSA) is 49.6 Å². The molecule has 0 bridgehead atoms. The Morgan fingerprint density at radius 3 is 2.42 bits per heavy atom. The van der Waals surface area contributed by atoms with Gasteiger partial charge in [0.1, 0.15) is 0 Å². The number of hydrogen-bond donors (Lipinski definition) is 1. The lowest BCUT2D eigenvalue weighted by molar-refractivity contribution is -0.140. The zero-order chi connectivity index (χ0) is 12.8. The first-order chi connectivity index (χ1) is 7.86. The highest BCUT2D eigenvalue weighted by Crippen LogP contribution is 2.49. The van der Waals surface area contributed by atoms with Crippen LogP contribution in [0.1, 0.15) is 26.7 Å². The maximum atomic E-state index is 12.5. The first-order valence-electron chi connectivity index (χ1n) is 6.58. The van der Waals surface area contributed by atoms with Gasteiger partial charge in [-0.2, -0.15) is 0 Å². The van der Waals surface area contributed by atoms with Gasteiger partial charge in [-0.15, -0.1) is 24.8 Å². The Morgan fingerprint density at radius 2 is 1.95 bits per heavy atom. The first kappa shape index (κ1) is 19.0. The maximum absolute atomic E-state index is 12.5. The number of rotatable bonds is 2. The Kier molecular flexibility index (Phi) is 6.60. The first-order valence-corrected chi connectivity index (χ1v) is 6.58. The van der Waals surface area contributed by atoms with Gasteiger partial charge in [0.05, 0.1) is 5.41 Å². The van der Waals surface area contributed by atoms with E-state index in [1.165, 1.54) is 0 Å². The van der Waals surface area contributed by atoms with E-state index >= 15 is 0 Å². The number of halogens is 2. The highest BCUT2D eigenvalue weighted by molar-refractivity contribution is 5.85. The second-order valence-electron chi connectivity index (χ2n) is 6.28. The molecular formula is C13H27Cl2N3O. The maximum Gasteiger partial charge on any atom is 0.229 e. The van der Waals surface area contributed by atoms with Crippen molar-refractivity contribution in [2.75, 3.05) is 27.2 Å². The minimum Gasteiger partial charge on any atom is -0.348 e. The van der Waals surface area contributed by atoms with Crippen molar-refractivity contribution in [1.29, 1.82) is 0 Å². The van der Waals surface area contributed by atoms with Crippen LogP contribution in [0, 0.1) is 11.3 Å². The third kappa shape index (κ3) is 3.18. The summed E-state index contributed by atoms with van der Waals surface area (Å²) in [6, 6.07) is 0.724. The third-order valence-electron chi connectivity index (χ3n) is 4.50. The molecule has 0 spiro atoms. The molecule has 2 N–H and O–H groups in total. The van der Waals surface area contributed by atoms with E-state index in [2.05, 4.69) is 18.7 Å². The summed E-state index contributed by atoms with van der Waals surface area (Å²) in [6.45, 7) is 6.33. The molecule has 0 aromatic carbocycles. The van der Waals surface area contributed by atoms with E-state index in [4.69, 9.17) is 5.73 Å². The Labute approximate surface area is 128 Å². The fraction of sp³-hybridized carbons (Fsp3) is 0.923. The van der Waals surface area contributed by atoms with Crippen LogP contribution in [0.4, 0.5) is 0 Å². The molecule has 0 aromatic rings. The lowest BCUT2D eigenvalue weighted by Gasteiger charge is -2.31. The van der Waals surface area contributed by atoms with Gasteiger partial charge in [0.15, 0.2) is 0 Å². The monoisotopic (exact) mass is 311 g/mol. The average molecular weight is 312 g/mol. The van der Waals surface area contributed by atoms with Gasteiger partial charge in [-0.3, -0.25) is 9.69 Å². The zero-order valence-corrected chi connectivity index (χ0v) is 13.9. The van der Waals surface area contributed by atoms with Crippen molar-refractivity contribution in [3.05, 3.63) is 0 Å². The van der Waals surface area contributed by atoms with Crippen LogP contribution in [0.5, 0.6) is 0 Å². The molecule has 0 unspecified atom stereocenters. The Bertz CT molecular complexity index is 325. The number of carbonyl (C=O) groups is 1. The molecule has 1 saturated carbocycles. The normalized spacial score (nSPS) is 33.6. The largest absolute Gasteiger partial charge is 0.348 e. The van der Waals surface area contributed by atoms with Gasteiger partial charge in [-0.1, -0.05) is 0 Å². The Hall–Kier alpha value is -0.0300. The molecule has 2 rings (SSSR count). The van der Waals surface area contributed by atoms with Crippen LogP contribution in [0.3, 0.4) is 0 Å². The minimum absolute atomic E-state index is 0. The van der Waals surface area contributed by atoms with E-state index < -0.39 is 0 Å². The summed E-state index contributed by atoms with van der Waals surface area (Å²) < 4.78 is 0. The predicted molar refractivity (Wildman–Crippen MR) is 83.0 cm³/mol. The van der Waals surface area contributed by atoms with Crippen molar-refractivity contribution in [2.24, 2.45) is 17.1 Å². The molecule has 19 heavy (non-hydrogen) atoms.